The van der Waals surface area contributed by atoms with Crippen LogP contribution < -0.4 is 11.1 Å². The van der Waals surface area contributed by atoms with E-state index in [-0.39, 0.29) is 29.6 Å². The molecule has 0 fully saturated rings. The summed E-state index contributed by atoms with van der Waals surface area (Å²) in [6, 6.07) is 3.95. The second-order valence-electron chi connectivity index (χ2n) is 5.95. The van der Waals surface area contributed by atoms with Crippen molar-refractivity contribution in [3.8, 4) is 0 Å². The normalized spacial score (nSPS) is 19.5. The Morgan fingerprint density at radius 3 is 2.85 bits per heavy atom. The van der Waals surface area contributed by atoms with Crippen LogP contribution in [0.3, 0.4) is 0 Å². The van der Waals surface area contributed by atoms with Crippen molar-refractivity contribution in [2.45, 2.75) is 31.7 Å². The van der Waals surface area contributed by atoms with Crippen molar-refractivity contribution in [2.75, 3.05) is 11.9 Å². The van der Waals surface area contributed by atoms with E-state index in [4.69, 9.17) is 10.5 Å². The molecule has 144 valence electrons. The number of nitrogens with two attached hydrogens (primary N) is 1. The first kappa shape index (κ1) is 18.7. The number of nitrogens with one attached hydrogen (secondary N) is 1. The molecular formula is C17H17F3N4O3. The number of hydrogen-bond donors (Lipinski definition) is 2. The lowest BCUT2D eigenvalue weighted by Crippen LogP contribution is -2.36. The van der Waals surface area contributed by atoms with Gasteiger partial charge in [-0.3, -0.25) is 4.79 Å². The van der Waals surface area contributed by atoms with Crippen molar-refractivity contribution in [1.29, 1.82) is 0 Å². The molecule has 0 bridgehead atoms. The number of amidine groups is 1. The molecule has 1 amide bonds. The van der Waals surface area contributed by atoms with Crippen LogP contribution in [0.5, 0.6) is 0 Å². The summed E-state index contributed by atoms with van der Waals surface area (Å²) in [6.45, 7) is 2.13. The van der Waals surface area contributed by atoms with E-state index in [1.54, 1.807) is 0 Å². The lowest BCUT2D eigenvalue weighted by atomic mass is 9.84. The van der Waals surface area contributed by atoms with Crippen LogP contribution >= 0.6 is 0 Å². The number of oxazole rings is 1. The second kappa shape index (κ2) is 7.29. The third kappa shape index (κ3) is 3.74. The SMILES string of the molecule is CCC1(c2cc(NC(=O)c3coc(C(F)F)n3)ccc2F)CCOC(N)=N1. The number of amides is 1. The maximum absolute atomic E-state index is 14.5. The fourth-order valence-corrected chi connectivity index (χ4v) is 2.91. The van der Waals surface area contributed by atoms with Crippen LogP contribution in [0.1, 0.15) is 48.1 Å². The molecule has 1 atom stereocenters. The predicted octanol–water partition coefficient (Wildman–Crippen LogP) is 3.34. The highest BCUT2D eigenvalue weighted by atomic mass is 19.3. The number of nitrogens with zero attached hydrogens (tertiary/aromatic N) is 2. The molecular weight excluding hydrogens is 365 g/mol. The zero-order valence-electron chi connectivity index (χ0n) is 14.3. The van der Waals surface area contributed by atoms with Crippen LogP contribution in [0, 0.1) is 5.82 Å². The summed E-state index contributed by atoms with van der Waals surface area (Å²) in [5.74, 6) is -2.12. The van der Waals surface area contributed by atoms with Gasteiger partial charge in [-0.1, -0.05) is 6.92 Å². The summed E-state index contributed by atoms with van der Waals surface area (Å²) in [6.07, 6.45) is -1.21. The van der Waals surface area contributed by atoms with Gasteiger partial charge in [-0.15, -0.1) is 0 Å². The number of ether oxygens (including phenoxy) is 1. The standard InChI is InChI=1S/C17H17F3N4O3/c1-2-17(5-6-26-16(21)24-17)10-7-9(3-4-11(10)18)22-14(25)12-8-27-15(23-12)13(19)20/h3-4,7-8,13H,2,5-6H2,1H3,(H2,21,24)(H,22,25). The molecule has 2 heterocycles. The number of carbonyl (C=O) groups excluding carboxylic acids is 1. The smallest absolute Gasteiger partial charge is 0.313 e. The Hall–Kier alpha value is -3.04. The van der Waals surface area contributed by atoms with E-state index >= 15 is 0 Å². The minimum absolute atomic E-state index is 0.0286. The minimum Gasteiger partial charge on any atom is -0.465 e. The molecule has 0 saturated carbocycles. The Balaban J connectivity index is 1.89. The zero-order chi connectivity index (χ0) is 19.6. The van der Waals surface area contributed by atoms with Crippen molar-refractivity contribution in [1.82, 2.24) is 4.98 Å². The van der Waals surface area contributed by atoms with Gasteiger partial charge in [0.25, 0.3) is 17.8 Å². The molecule has 1 unspecified atom stereocenters. The molecule has 1 aliphatic heterocycles. The predicted molar refractivity (Wildman–Crippen MR) is 90.0 cm³/mol. The highest BCUT2D eigenvalue weighted by Crippen LogP contribution is 2.38. The van der Waals surface area contributed by atoms with E-state index < -0.39 is 29.6 Å². The maximum atomic E-state index is 14.5. The Kier molecular flexibility index (Phi) is 5.06. The van der Waals surface area contributed by atoms with Gasteiger partial charge >= 0.3 is 6.43 Å². The number of hydrogen-bond acceptors (Lipinski definition) is 6. The third-order valence-electron chi connectivity index (χ3n) is 4.34. The highest BCUT2D eigenvalue weighted by Gasteiger charge is 2.36. The van der Waals surface area contributed by atoms with Crippen LogP contribution in [0.25, 0.3) is 0 Å². The molecule has 1 aliphatic rings. The molecule has 0 spiro atoms. The summed E-state index contributed by atoms with van der Waals surface area (Å²) in [5.41, 5.74) is 4.94. The highest BCUT2D eigenvalue weighted by molar-refractivity contribution is 6.02. The van der Waals surface area contributed by atoms with E-state index in [9.17, 15) is 18.0 Å². The largest absolute Gasteiger partial charge is 0.465 e. The summed E-state index contributed by atoms with van der Waals surface area (Å²) >= 11 is 0. The van der Waals surface area contributed by atoms with Crippen molar-refractivity contribution in [3.63, 3.8) is 0 Å². The lowest BCUT2D eigenvalue weighted by Gasteiger charge is -2.33. The van der Waals surface area contributed by atoms with Crippen molar-refractivity contribution < 1.29 is 27.1 Å². The Morgan fingerprint density at radius 2 is 2.22 bits per heavy atom. The van der Waals surface area contributed by atoms with Crippen LogP contribution in [-0.4, -0.2) is 23.5 Å². The summed E-state index contributed by atoms with van der Waals surface area (Å²) in [7, 11) is 0. The Bertz CT molecular complexity index is 884. The maximum Gasteiger partial charge on any atom is 0.313 e. The molecule has 0 radical (unpaired) electrons. The average Bonchev–Trinajstić information content (AvgIpc) is 3.14. The number of alkyl halides is 2. The molecule has 0 aliphatic carbocycles. The topological polar surface area (TPSA) is 103 Å². The van der Waals surface area contributed by atoms with E-state index in [0.29, 0.717) is 12.8 Å². The van der Waals surface area contributed by atoms with Crippen LogP contribution in [0.2, 0.25) is 0 Å². The van der Waals surface area contributed by atoms with E-state index in [2.05, 4.69) is 19.7 Å². The van der Waals surface area contributed by atoms with Crippen molar-refractivity contribution >= 4 is 17.6 Å². The van der Waals surface area contributed by atoms with Gasteiger partial charge in [0.1, 0.15) is 12.1 Å². The van der Waals surface area contributed by atoms with Crippen LogP contribution in [0.4, 0.5) is 18.9 Å². The third-order valence-corrected chi connectivity index (χ3v) is 4.34. The van der Waals surface area contributed by atoms with Gasteiger partial charge in [0.2, 0.25) is 0 Å². The van der Waals surface area contributed by atoms with E-state index in [1.807, 2.05) is 6.92 Å². The van der Waals surface area contributed by atoms with Gasteiger partial charge in [0.05, 0.1) is 12.1 Å². The first-order valence-corrected chi connectivity index (χ1v) is 8.17. The van der Waals surface area contributed by atoms with Gasteiger partial charge in [-0.2, -0.15) is 8.78 Å². The van der Waals surface area contributed by atoms with Gasteiger partial charge in [-0.05, 0) is 24.6 Å². The summed E-state index contributed by atoms with van der Waals surface area (Å²) in [5, 5.41) is 2.49. The molecule has 10 heteroatoms. The summed E-state index contributed by atoms with van der Waals surface area (Å²) in [4.78, 5) is 19.9. The van der Waals surface area contributed by atoms with E-state index in [0.717, 1.165) is 6.26 Å². The van der Waals surface area contributed by atoms with Crippen molar-refractivity contribution in [2.24, 2.45) is 10.7 Å². The molecule has 1 aromatic heterocycles. The number of aromatic nitrogens is 1. The number of benzene rings is 1. The van der Waals surface area contributed by atoms with E-state index in [1.165, 1.54) is 18.2 Å². The summed E-state index contributed by atoms with van der Waals surface area (Å²) < 4.78 is 49.2. The average molecular weight is 382 g/mol. The van der Waals surface area contributed by atoms with Crippen molar-refractivity contribution in [3.05, 3.63) is 47.4 Å². The fraction of sp³-hybridized carbons (Fsp3) is 0.353. The molecule has 27 heavy (non-hydrogen) atoms. The molecule has 3 N–H and O–H groups in total. The first-order valence-electron chi connectivity index (χ1n) is 8.17. The van der Waals surface area contributed by atoms with Crippen LogP contribution in [-0.2, 0) is 10.3 Å². The fourth-order valence-electron chi connectivity index (χ4n) is 2.91. The van der Waals surface area contributed by atoms with Crippen LogP contribution in [0.15, 0.2) is 33.9 Å². The van der Waals surface area contributed by atoms with Gasteiger partial charge < -0.3 is 20.2 Å². The Morgan fingerprint density at radius 1 is 1.44 bits per heavy atom. The Labute approximate surface area is 152 Å². The van der Waals surface area contributed by atoms with Gasteiger partial charge in [-0.25, -0.2) is 14.4 Å². The quantitative estimate of drug-likeness (QED) is 0.826. The zero-order valence-corrected chi connectivity index (χ0v) is 14.3. The number of halogens is 3. The number of rotatable bonds is 5. The molecule has 7 nitrogen and oxygen atoms in total. The van der Waals surface area contributed by atoms with Gasteiger partial charge in [0, 0.05) is 17.7 Å². The first-order chi connectivity index (χ1) is 12.8. The molecule has 1 aromatic carbocycles. The number of carbonyl (C=O) groups is 1. The number of aliphatic imine (C=N–C) groups is 1. The molecule has 0 saturated heterocycles. The number of anilines is 1. The van der Waals surface area contributed by atoms with Gasteiger partial charge in [0.15, 0.2) is 5.69 Å². The molecule has 2 aromatic rings. The lowest BCUT2D eigenvalue weighted by molar-refractivity contribution is 0.102. The second-order valence-corrected chi connectivity index (χ2v) is 5.95. The molecule has 3 rings (SSSR count). The minimum atomic E-state index is -2.93. The monoisotopic (exact) mass is 382 g/mol.